The molecule has 1 N–H and O–H groups in total. The lowest BCUT2D eigenvalue weighted by atomic mass is 10.1. The summed E-state index contributed by atoms with van der Waals surface area (Å²) in [5.41, 5.74) is 2.32. The molecule has 6 heteroatoms. The van der Waals surface area contributed by atoms with Crippen molar-refractivity contribution < 1.29 is 23.9 Å². The Hall–Kier alpha value is -2.99. The van der Waals surface area contributed by atoms with E-state index in [4.69, 9.17) is 9.47 Å². The van der Waals surface area contributed by atoms with Crippen LogP contribution in [0.4, 0.5) is 5.69 Å². The maximum absolute atomic E-state index is 12.2. The van der Waals surface area contributed by atoms with Gasteiger partial charge in [-0.05, 0) is 42.0 Å². The average Bonchev–Trinajstić information content (AvgIpc) is 2.67. The molecule has 1 amide bonds. The summed E-state index contributed by atoms with van der Waals surface area (Å²) in [5, 5.41) is 2.75. The summed E-state index contributed by atoms with van der Waals surface area (Å²) in [4.78, 5) is 35.9. The fourth-order valence-electron chi connectivity index (χ4n) is 2.23. The zero-order chi connectivity index (χ0) is 19.8. The molecule has 0 unspecified atom stereocenters. The summed E-state index contributed by atoms with van der Waals surface area (Å²) < 4.78 is 10.1. The number of anilines is 1. The van der Waals surface area contributed by atoms with Crippen molar-refractivity contribution in [3.05, 3.63) is 65.2 Å². The zero-order valence-corrected chi connectivity index (χ0v) is 15.7. The minimum Gasteiger partial charge on any atom is -0.454 e. The van der Waals surface area contributed by atoms with Gasteiger partial charge in [0.15, 0.2) is 12.4 Å². The molecule has 0 aliphatic carbocycles. The van der Waals surface area contributed by atoms with Gasteiger partial charge in [-0.15, -0.1) is 0 Å². The van der Waals surface area contributed by atoms with Gasteiger partial charge in [0.25, 0.3) is 0 Å². The van der Waals surface area contributed by atoms with Gasteiger partial charge in [-0.1, -0.05) is 26.0 Å². The van der Waals surface area contributed by atoms with Gasteiger partial charge in [-0.2, -0.15) is 0 Å². The van der Waals surface area contributed by atoms with E-state index >= 15 is 0 Å². The Morgan fingerprint density at radius 1 is 0.926 bits per heavy atom. The van der Waals surface area contributed by atoms with E-state index in [0.717, 1.165) is 5.56 Å². The average molecular weight is 369 g/mol. The molecule has 0 aliphatic rings. The standard InChI is InChI=1S/C21H23NO5/c1-14(2)20(24)22-18-10-8-16(9-11-18)19(23)13-27-21(25)17-6-4-15(5-7-17)12-26-3/h4-11,14H,12-13H2,1-3H3,(H,22,24). The number of esters is 1. The fourth-order valence-corrected chi connectivity index (χ4v) is 2.23. The summed E-state index contributed by atoms with van der Waals surface area (Å²) >= 11 is 0. The van der Waals surface area contributed by atoms with E-state index in [2.05, 4.69) is 5.32 Å². The first-order valence-electron chi connectivity index (χ1n) is 8.60. The SMILES string of the molecule is COCc1ccc(C(=O)OCC(=O)c2ccc(NC(=O)C(C)C)cc2)cc1. The number of benzene rings is 2. The van der Waals surface area contributed by atoms with Crippen LogP contribution in [0.3, 0.4) is 0 Å². The molecule has 0 radical (unpaired) electrons. The number of carbonyl (C=O) groups is 3. The molecule has 27 heavy (non-hydrogen) atoms. The molecule has 0 saturated heterocycles. The lowest BCUT2D eigenvalue weighted by Crippen LogP contribution is -2.18. The Morgan fingerprint density at radius 2 is 1.52 bits per heavy atom. The largest absolute Gasteiger partial charge is 0.454 e. The van der Waals surface area contributed by atoms with E-state index in [9.17, 15) is 14.4 Å². The first-order valence-corrected chi connectivity index (χ1v) is 8.60. The molecule has 0 aromatic heterocycles. The third-order valence-corrected chi connectivity index (χ3v) is 3.83. The van der Waals surface area contributed by atoms with E-state index in [1.54, 1.807) is 69.5 Å². The number of ether oxygens (including phenoxy) is 2. The molecule has 142 valence electrons. The monoisotopic (exact) mass is 369 g/mol. The number of Topliss-reactive ketones (excluding diaryl/α,β-unsaturated/α-hetero) is 1. The molecule has 0 aliphatic heterocycles. The number of amides is 1. The van der Waals surface area contributed by atoms with Crippen molar-refractivity contribution in [3.8, 4) is 0 Å². The highest BCUT2D eigenvalue weighted by Gasteiger charge is 2.13. The Bertz CT molecular complexity index is 794. The van der Waals surface area contributed by atoms with Gasteiger partial charge < -0.3 is 14.8 Å². The van der Waals surface area contributed by atoms with E-state index in [1.165, 1.54) is 0 Å². The van der Waals surface area contributed by atoms with Crippen molar-refractivity contribution in [2.45, 2.75) is 20.5 Å². The van der Waals surface area contributed by atoms with E-state index in [-0.39, 0.29) is 24.2 Å². The highest BCUT2D eigenvalue weighted by Crippen LogP contribution is 2.12. The molecule has 0 fully saturated rings. The van der Waals surface area contributed by atoms with Crippen LogP contribution in [0.15, 0.2) is 48.5 Å². The van der Waals surface area contributed by atoms with Gasteiger partial charge in [0, 0.05) is 24.3 Å². The Morgan fingerprint density at radius 3 is 2.07 bits per heavy atom. The third kappa shape index (κ3) is 6.04. The van der Waals surface area contributed by atoms with Crippen LogP contribution in [-0.4, -0.2) is 31.4 Å². The van der Waals surface area contributed by atoms with Crippen LogP contribution in [0.1, 0.15) is 40.1 Å². The molecular weight excluding hydrogens is 346 g/mol. The predicted octanol–water partition coefficient (Wildman–Crippen LogP) is 3.47. The molecule has 0 saturated carbocycles. The van der Waals surface area contributed by atoms with Crippen molar-refractivity contribution >= 4 is 23.3 Å². The van der Waals surface area contributed by atoms with Crippen LogP contribution < -0.4 is 5.32 Å². The van der Waals surface area contributed by atoms with Crippen LogP contribution in [0, 0.1) is 5.92 Å². The van der Waals surface area contributed by atoms with Crippen molar-refractivity contribution in [3.63, 3.8) is 0 Å². The van der Waals surface area contributed by atoms with Gasteiger partial charge in [-0.25, -0.2) is 4.79 Å². The predicted molar refractivity (Wildman–Crippen MR) is 102 cm³/mol. The molecule has 2 aromatic rings. The lowest BCUT2D eigenvalue weighted by molar-refractivity contribution is -0.118. The smallest absolute Gasteiger partial charge is 0.338 e. The Kier molecular flexibility index (Phi) is 7.25. The minimum atomic E-state index is -0.562. The van der Waals surface area contributed by atoms with E-state index in [1.807, 2.05) is 0 Å². The zero-order valence-electron chi connectivity index (χ0n) is 15.7. The second kappa shape index (κ2) is 9.64. The molecule has 2 rings (SSSR count). The van der Waals surface area contributed by atoms with E-state index in [0.29, 0.717) is 23.4 Å². The molecule has 0 atom stereocenters. The minimum absolute atomic E-state index is 0.0977. The summed E-state index contributed by atoms with van der Waals surface area (Å²) in [6, 6.07) is 13.3. The normalized spacial score (nSPS) is 10.5. The number of carbonyl (C=O) groups excluding carboxylic acids is 3. The van der Waals surface area contributed by atoms with Crippen LogP contribution >= 0.6 is 0 Å². The number of methoxy groups -OCH3 is 1. The van der Waals surface area contributed by atoms with Crippen molar-refractivity contribution in [2.75, 3.05) is 19.0 Å². The highest BCUT2D eigenvalue weighted by atomic mass is 16.5. The number of hydrogen-bond donors (Lipinski definition) is 1. The molecule has 0 bridgehead atoms. The Labute approximate surface area is 158 Å². The molecule has 2 aromatic carbocycles. The highest BCUT2D eigenvalue weighted by molar-refractivity contribution is 6.00. The second-order valence-corrected chi connectivity index (χ2v) is 6.35. The number of hydrogen-bond acceptors (Lipinski definition) is 5. The fraction of sp³-hybridized carbons (Fsp3) is 0.286. The molecular formula is C21H23NO5. The maximum Gasteiger partial charge on any atom is 0.338 e. The summed E-state index contributed by atoms with van der Waals surface area (Å²) in [5.74, 6) is -1.11. The summed E-state index contributed by atoms with van der Waals surface area (Å²) in [6.07, 6.45) is 0. The van der Waals surface area contributed by atoms with Gasteiger partial charge in [0.05, 0.1) is 12.2 Å². The van der Waals surface area contributed by atoms with Gasteiger partial charge in [0.1, 0.15) is 0 Å². The quantitative estimate of drug-likeness (QED) is 0.569. The third-order valence-electron chi connectivity index (χ3n) is 3.83. The van der Waals surface area contributed by atoms with Gasteiger partial charge in [-0.3, -0.25) is 9.59 Å². The van der Waals surface area contributed by atoms with Crippen molar-refractivity contribution in [1.82, 2.24) is 0 Å². The lowest BCUT2D eigenvalue weighted by Gasteiger charge is -2.09. The topological polar surface area (TPSA) is 81.7 Å². The van der Waals surface area contributed by atoms with Crippen LogP contribution in [0.2, 0.25) is 0 Å². The van der Waals surface area contributed by atoms with Crippen LogP contribution in [-0.2, 0) is 20.9 Å². The number of ketones is 1. The van der Waals surface area contributed by atoms with Crippen LogP contribution in [0.5, 0.6) is 0 Å². The molecule has 0 heterocycles. The van der Waals surface area contributed by atoms with Crippen LogP contribution in [0.25, 0.3) is 0 Å². The maximum atomic E-state index is 12.2. The number of rotatable bonds is 8. The van der Waals surface area contributed by atoms with Gasteiger partial charge >= 0.3 is 5.97 Å². The summed E-state index contributed by atoms with van der Waals surface area (Å²) in [6.45, 7) is 3.71. The first-order chi connectivity index (χ1) is 12.9. The van der Waals surface area contributed by atoms with Crippen molar-refractivity contribution in [1.29, 1.82) is 0 Å². The van der Waals surface area contributed by atoms with Crippen molar-refractivity contribution in [2.24, 2.45) is 5.92 Å². The summed E-state index contributed by atoms with van der Waals surface area (Å²) in [7, 11) is 1.60. The van der Waals surface area contributed by atoms with E-state index < -0.39 is 5.97 Å². The molecule has 6 nitrogen and oxygen atoms in total. The Balaban J connectivity index is 1.89. The second-order valence-electron chi connectivity index (χ2n) is 6.35. The first kappa shape index (κ1) is 20.3. The number of nitrogens with one attached hydrogen (secondary N) is 1. The van der Waals surface area contributed by atoms with Gasteiger partial charge in [0.2, 0.25) is 5.91 Å². The molecule has 0 spiro atoms.